The molecule has 0 radical (unpaired) electrons. The number of carbonyl (C=O) groups is 3. The Bertz CT molecular complexity index is 1190. The van der Waals surface area contributed by atoms with E-state index in [9.17, 15) is 14.4 Å². The fourth-order valence-corrected chi connectivity index (χ4v) is 6.44. The number of allylic oxidation sites excluding steroid dienone is 14. The lowest BCUT2D eigenvalue weighted by Gasteiger charge is -2.18. The predicted octanol–water partition coefficient (Wildman–Crippen LogP) is 16.0. The van der Waals surface area contributed by atoms with E-state index in [4.69, 9.17) is 14.2 Å². The van der Waals surface area contributed by atoms with Gasteiger partial charge in [0.05, 0.1) is 0 Å². The molecule has 342 valence electrons. The van der Waals surface area contributed by atoms with Crippen LogP contribution in [0.15, 0.2) is 85.1 Å². The van der Waals surface area contributed by atoms with E-state index >= 15 is 0 Å². The molecule has 0 N–H and O–H groups in total. The SMILES string of the molecule is CC/C=C\C/C=C\C/C=C\C/C=C\C/C=C\C/C=C\CCCCC(=O)OCC(COC(=O)CCCCCCC)OC(=O)CCCCCCC/C=C\CCCCCCCCC. The summed E-state index contributed by atoms with van der Waals surface area (Å²) in [5.41, 5.74) is 0. The maximum atomic E-state index is 12.7. The summed E-state index contributed by atoms with van der Waals surface area (Å²) in [5, 5.41) is 0. The molecule has 0 aliphatic heterocycles. The Morgan fingerprint density at radius 1 is 0.350 bits per heavy atom. The Kier molecular flexibility index (Phi) is 45.5. The maximum Gasteiger partial charge on any atom is 0.306 e. The molecule has 6 heteroatoms. The van der Waals surface area contributed by atoms with Crippen molar-refractivity contribution >= 4 is 17.9 Å². The molecule has 0 fully saturated rings. The lowest BCUT2D eigenvalue weighted by molar-refractivity contribution is -0.167. The molecule has 0 saturated carbocycles. The van der Waals surface area contributed by atoms with Crippen LogP contribution in [0.5, 0.6) is 0 Å². The third kappa shape index (κ3) is 45.7. The summed E-state index contributed by atoms with van der Waals surface area (Å²) in [6, 6.07) is 0. The van der Waals surface area contributed by atoms with E-state index in [-0.39, 0.29) is 31.1 Å². The van der Waals surface area contributed by atoms with Crippen molar-refractivity contribution < 1.29 is 28.6 Å². The first kappa shape index (κ1) is 56.6. The van der Waals surface area contributed by atoms with Crippen LogP contribution in [0.25, 0.3) is 0 Å². The minimum atomic E-state index is -0.794. The van der Waals surface area contributed by atoms with E-state index in [0.717, 1.165) is 122 Å². The van der Waals surface area contributed by atoms with Crippen LogP contribution >= 0.6 is 0 Å². The van der Waals surface area contributed by atoms with Gasteiger partial charge in [0.2, 0.25) is 0 Å². The molecule has 0 aliphatic carbocycles. The highest BCUT2D eigenvalue weighted by atomic mass is 16.6. The van der Waals surface area contributed by atoms with Gasteiger partial charge in [-0.25, -0.2) is 0 Å². The van der Waals surface area contributed by atoms with Crippen LogP contribution < -0.4 is 0 Å². The first-order chi connectivity index (χ1) is 29.5. The Balaban J connectivity index is 4.30. The van der Waals surface area contributed by atoms with Crippen molar-refractivity contribution in [2.24, 2.45) is 0 Å². The number of ether oxygens (including phenoxy) is 3. The standard InChI is InChI=1S/C54H90O6/c1-4-7-10-13-15-17-19-21-23-25-26-27-28-29-31-32-34-36-38-41-44-47-53(56)59-50-51(49-58-52(55)46-43-40-12-9-6-3)60-54(57)48-45-42-39-37-35-33-30-24-22-20-18-16-14-11-8-5-2/h7,10,15,17,21,23-24,26-27,29-31,34,36,51H,4-6,8-9,11-14,16,18-20,22,25,28,32-33,35,37-50H2,1-3H3/b10-7-,17-15-,23-21-,27-26-,30-24-,31-29-,36-34-. The van der Waals surface area contributed by atoms with Crippen molar-refractivity contribution in [1.29, 1.82) is 0 Å². The Labute approximate surface area is 369 Å². The monoisotopic (exact) mass is 835 g/mol. The number of carbonyl (C=O) groups excluding carboxylic acids is 3. The highest BCUT2D eigenvalue weighted by Gasteiger charge is 2.19. The second-order valence-electron chi connectivity index (χ2n) is 16.0. The molecule has 0 heterocycles. The van der Waals surface area contributed by atoms with Gasteiger partial charge in [-0.3, -0.25) is 14.4 Å². The smallest absolute Gasteiger partial charge is 0.306 e. The normalized spacial score (nSPS) is 12.8. The van der Waals surface area contributed by atoms with Gasteiger partial charge in [0.15, 0.2) is 6.10 Å². The molecule has 0 rings (SSSR count). The molecule has 0 spiro atoms. The van der Waals surface area contributed by atoms with Gasteiger partial charge in [0.25, 0.3) is 0 Å². The van der Waals surface area contributed by atoms with Gasteiger partial charge in [0.1, 0.15) is 13.2 Å². The van der Waals surface area contributed by atoms with Crippen LogP contribution in [-0.2, 0) is 28.6 Å². The molecule has 60 heavy (non-hydrogen) atoms. The molecule has 0 aliphatic rings. The Morgan fingerprint density at radius 3 is 1.07 bits per heavy atom. The highest BCUT2D eigenvalue weighted by Crippen LogP contribution is 2.13. The van der Waals surface area contributed by atoms with Gasteiger partial charge in [-0.1, -0.05) is 189 Å². The van der Waals surface area contributed by atoms with E-state index in [0.29, 0.717) is 19.3 Å². The Morgan fingerprint density at radius 2 is 0.650 bits per heavy atom. The van der Waals surface area contributed by atoms with Crippen molar-refractivity contribution in [2.45, 2.75) is 226 Å². The number of hydrogen-bond acceptors (Lipinski definition) is 6. The van der Waals surface area contributed by atoms with Crippen LogP contribution in [0.4, 0.5) is 0 Å². The van der Waals surface area contributed by atoms with Crippen LogP contribution in [0, 0.1) is 0 Å². The first-order valence-electron chi connectivity index (χ1n) is 24.6. The van der Waals surface area contributed by atoms with Crippen molar-refractivity contribution in [1.82, 2.24) is 0 Å². The lowest BCUT2D eigenvalue weighted by atomic mass is 10.1. The van der Waals surface area contributed by atoms with Crippen LogP contribution in [0.2, 0.25) is 0 Å². The van der Waals surface area contributed by atoms with E-state index < -0.39 is 6.10 Å². The van der Waals surface area contributed by atoms with Crippen molar-refractivity contribution in [2.75, 3.05) is 13.2 Å². The molecule has 6 nitrogen and oxygen atoms in total. The van der Waals surface area contributed by atoms with Gasteiger partial charge in [-0.2, -0.15) is 0 Å². The molecule has 0 saturated heterocycles. The largest absolute Gasteiger partial charge is 0.462 e. The molecule has 0 aromatic carbocycles. The zero-order chi connectivity index (χ0) is 43.7. The van der Waals surface area contributed by atoms with E-state index in [1.807, 2.05) is 0 Å². The average molecular weight is 835 g/mol. The second-order valence-corrected chi connectivity index (χ2v) is 16.0. The number of hydrogen-bond donors (Lipinski definition) is 0. The molecular weight excluding hydrogens is 745 g/mol. The highest BCUT2D eigenvalue weighted by molar-refractivity contribution is 5.71. The molecule has 1 atom stereocenters. The predicted molar refractivity (Wildman–Crippen MR) is 256 cm³/mol. The summed E-state index contributed by atoms with van der Waals surface area (Å²) in [7, 11) is 0. The summed E-state index contributed by atoms with van der Waals surface area (Å²) in [6.07, 6.45) is 61.7. The summed E-state index contributed by atoms with van der Waals surface area (Å²) >= 11 is 0. The zero-order valence-electron chi connectivity index (χ0n) is 38.9. The van der Waals surface area contributed by atoms with E-state index in [1.54, 1.807) is 0 Å². The van der Waals surface area contributed by atoms with Crippen LogP contribution in [-0.4, -0.2) is 37.2 Å². The number of rotatable bonds is 43. The van der Waals surface area contributed by atoms with Gasteiger partial charge < -0.3 is 14.2 Å². The van der Waals surface area contributed by atoms with Gasteiger partial charge in [-0.05, 0) is 96.3 Å². The number of esters is 3. The summed E-state index contributed by atoms with van der Waals surface area (Å²) in [6.45, 7) is 6.38. The van der Waals surface area contributed by atoms with Crippen LogP contribution in [0.3, 0.4) is 0 Å². The zero-order valence-corrected chi connectivity index (χ0v) is 38.9. The Hall–Kier alpha value is -3.41. The first-order valence-corrected chi connectivity index (χ1v) is 24.6. The second kappa shape index (κ2) is 48.3. The molecule has 1 unspecified atom stereocenters. The van der Waals surface area contributed by atoms with Crippen LogP contribution in [0.1, 0.15) is 220 Å². The molecule has 0 amide bonds. The topological polar surface area (TPSA) is 78.9 Å². The fourth-order valence-electron chi connectivity index (χ4n) is 6.44. The summed E-state index contributed by atoms with van der Waals surface area (Å²) in [4.78, 5) is 37.6. The molecular formula is C54H90O6. The summed E-state index contributed by atoms with van der Waals surface area (Å²) < 4.78 is 16.6. The third-order valence-corrected chi connectivity index (χ3v) is 10.1. The van der Waals surface area contributed by atoms with Gasteiger partial charge in [-0.15, -0.1) is 0 Å². The van der Waals surface area contributed by atoms with Gasteiger partial charge >= 0.3 is 17.9 Å². The minimum absolute atomic E-state index is 0.0953. The van der Waals surface area contributed by atoms with Gasteiger partial charge in [0, 0.05) is 19.3 Å². The van der Waals surface area contributed by atoms with E-state index in [2.05, 4.69) is 106 Å². The van der Waals surface area contributed by atoms with Crippen molar-refractivity contribution in [3.63, 3.8) is 0 Å². The van der Waals surface area contributed by atoms with Crippen molar-refractivity contribution in [3.05, 3.63) is 85.1 Å². The fraction of sp³-hybridized carbons (Fsp3) is 0.685. The maximum absolute atomic E-state index is 12.7. The summed E-state index contributed by atoms with van der Waals surface area (Å²) in [5.74, 6) is -0.967. The minimum Gasteiger partial charge on any atom is -0.462 e. The van der Waals surface area contributed by atoms with E-state index in [1.165, 1.54) is 57.8 Å². The quantitative estimate of drug-likeness (QED) is 0.0263. The molecule has 0 aromatic rings. The number of unbranched alkanes of at least 4 members (excludes halogenated alkanes) is 18. The molecule has 0 aromatic heterocycles. The third-order valence-electron chi connectivity index (χ3n) is 10.1. The molecule has 0 bridgehead atoms. The average Bonchev–Trinajstić information content (AvgIpc) is 3.24. The van der Waals surface area contributed by atoms with Crippen molar-refractivity contribution in [3.8, 4) is 0 Å². The lowest BCUT2D eigenvalue weighted by Crippen LogP contribution is -2.30.